The third-order valence-electron chi connectivity index (χ3n) is 8.17. The molecule has 0 unspecified atom stereocenters. The fourth-order valence-electron chi connectivity index (χ4n) is 5.96. The Morgan fingerprint density at radius 1 is 1.15 bits per heavy atom. The van der Waals surface area contributed by atoms with Crippen LogP contribution < -0.4 is 0 Å². The molecule has 0 saturated heterocycles. The van der Waals surface area contributed by atoms with Crippen LogP contribution in [0.5, 0.6) is 0 Å². The number of aryl methyl sites for hydroxylation is 1. The van der Waals surface area contributed by atoms with Crippen LogP contribution in [0.3, 0.4) is 0 Å². The Morgan fingerprint density at radius 2 is 1.94 bits per heavy atom. The highest BCUT2D eigenvalue weighted by Gasteiger charge is 2.34. The summed E-state index contributed by atoms with van der Waals surface area (Å²) in [5.74, 6) is 0.529. The first-order chi connectivity index (χ1) is 16.3. The molecule has 4 heteroatoms. The smallest absolute Gasteiger partial charge is 0.202 e. The van der Waals surface area contributed by atoms with Crippen LogP contribution in [0.25, 0.3) is 5.57 Å². The number of aromatic amines is 1. The minimum atomic E-state index is 0.0614. The van der Waals surface area contributed by atoms with E-state index in [-0.39, 0.29) is 11.2 Å². The van der Waals surface area contributed by atoms with Gasteiger partial charge < -0.3 is 9.72 Å². The number of allylic oxidation sites excluding steroid dienone is 2. The maximum atomic E-state index is 13.1. The van der Waals surface area contributed by atoms with Gasteiger partial charge in [0.25, 0.3) is 0 Å². The molecule has 1 saturated carbocycles. The molecule has 0 spiro atoms. The molecule has 34 heavy (non-hydrogen) atoms. The highest BCUT2D eigenvalue weighted by atomic mass is 16.5. The van der Waals surface area contributed by atoms with Crippen molar-refractivity contribution in [3.05, 3.63) is 58.7 Å². The Hall–Kier alpha value is -2.20. The number of nitrogens with zero attached hydrogens (tertiary/aromatic N) is 1. The van der Waals surface area contributed by atoms with Crippen LogP contribution in [0.1, 0.15) is 111 Å². The minimum Gasteiger partial charge on any atom is -0.385 e. The molecule has 1 heterocycles. The average Bonchev–Trinajstić information content (AvgIpc) is 3.27. The van der Waals surface area contributed by atoms with Crippen LogP contribution in [0.2, 0.25) is 0 Å². The standard InChI is InChI=1S/C30H42N2O2/c1-22-21-31-28(32-22)27(33)19-24-9-10-25(20-26(24)23-11-16-29(2,3)17-12-23)30(15-8-18-34-4)13-6-5-7-14-30/h9-11,20-21H,5-8,12-19H2,1-4H3,(H,31,32). The van der Waals surface area contributed by atoms with E-state index in [9.17, 15) is 4.79 Å². The van der Waals surface area contributed by atoms with E-state index in [1.165, 1.54) is 61.6 Å². The molecule has 4 nitrogen and oxygen atoms in total. The average molecular weight is 463 g/mol. The number of ketones is 1. The van der Waals surface area contributed by atoms with Gasteiger partial charge in [0, 0.05) is 32.0 Å². The lowest BCUT2D eigenvalue weighted by Crippen LogP contribution is -2.30. The quantitative estimate of drug-likeness (QED) is 0.313. The monoisotopic (exact) mass is 462 g/mol. The van der Waals surface area contributed by atoms with Gasteiger partial charge in [0.2, 0.25) is 5.78 Å². The number of benzene rings is 1. The van der Waals surface area contributed by atoms with Crippen LogP contribution in [0.4, 0.5) is 0 Å². The topological polar surface area (TPSA) is 55.0 Å². The number of H-pyrrole nitrogens is 1. The second-order valence-electron chi connectivity index (χ2n) is 11.4. The van der Waals surface area contributed by atoms with E-state index in [0.29, 0.717) is 17.7 Å². The normalized spacial score (nSPS) is 19.6. The molecule has 2 aliphatic rings. The fourth-order valence-corrected chi connectivity index (χ4v) is 5.96. The van der Waals surface area contributed by atoms with Gasteiger partial charge in [-0.25, -0.2) is 4.98 Å². The van der Waals surface area contributed by atoms with Crippen molar-refractivity contribution in [2.45, 2.75) is 96.8 Å². The summed E-state index contributed by atoms with van der Waals surface area (Å²) in [4.78, 5) is 20.5. The molecule has 0 amide bonds. The lowest BCUT2D eigenvalue weighted by atomic mass is 9.66. The minimum absolute atomic E-state index is 0.0614. The predicted octanol–water partition coefficient (Wildman–Crippen LogP) is 7.37. The van der Waals surface area contributed by atoms with Crippen LogP contribution in [-0.4, -0.2) is 29.5 Å². The van der Waals surface area contributed by atoms with Gasteiger partial charge in [0.05, 0.1) is 0 Å². The van der Waals surface area contributed by atoms with Gasteiger partial charge in [-0.05, 0) is 85.0 Å². The number of ether oxygens (including phenoxy) is 1. The van der Waals surface area contributed by atoms with Gasteiger partial charge >= 0.3 is 0 Å². The molecule has 2 aromatic rings. The number of hydrogen-bond acceptors (Lipinski definition) is 3. The van der Waals surface area contributed by atoms with Gasteiger partial charge in [-0.3, -0.25) is 4.79 Å². The van der Waals surface area contributed by atoms with Crippen LogP contribution in [0, 0.1) is 12.3 Å². The van der Waals surface area contributed by atoms with Gasteiger partial charge in [-0.2, -0.15) is 0 Å². The zero-order valence-electron chi connectivity index (χ0n) is 21.6. The molecule has 0 aliphatic heterocycles. The Labute approximate surface area is 205 Å². The molecule has 2 aliphatic carbocycles. The van der Waals surface area contributed by atoms with Crippen molar-refractivity contribution in [1.29, 1.82) is 0 Å². The Balaban J connectivity index is 1.70. The third kappa shape index (κ3) is 5.71. The van der Waals surface area contributed by atoms with E-state index in [2.05, 4.69) is 48.1 Å². The second-order valence-corrected chi connectivity index (χ2v) is 11.4. The molecule has 0 radical (unpaired) electrons. The summed E-state index contributed by atoms with van der Waals surface area (Å²) in [6.45, 7) is 7.47. The first-order valence-electron chi connectivity index (χ1n) is 13.2. The van der Waals surface area contributed by atoms with Crippen molar-refractivity contribution in [3.63, 3.8) is 0 Å². The van der Waals surface area contributed by atoms with Gasteiger partial charge in [-0.15, -0.1) is 0 Å². The predicted molar refractivity (Wildman–Crippen MR) is 139 cm³/mol. The maximum Gasteiger partial charge on any atom is 0.202 e. The number of hydrogen-bond donors (Lipinski definition) is 1. The number of imidazole rings is 1. The third-order valence-corrected chi connectivity index (χ3v) is 8.17. The molecule has 1 aromatic heterocycles. The largest absolute Gasteiger partial charge is 0.385 e. The fraction of sp³-hybridized carbons (Fsp3) is 0.600. The van der Waals surface area contributed by atoms with Crippen molar-refractivity contribution < 1.29 is 9.53 Å². The van der Waals surface area contributed by atoms with E-state index in [1.54, 1.807) is 13.3 Å². The first kappa shape index (κ1) is 24.9. The second kappa shape index (κ2) is 10.6. The summed E-state index contributed by atoms with van der Waals surface area (Å²) in [6.07, 6.45) is 16.7. The van der Waals surface area contributed by atoms with Gasteiger partial charge in [-0.1, -0.05) is 57.4 Å². The van der Waals surface area contributed by atoms with Crippen LogP contribution >= 0.6 is 0 Å². The van der Waals surface area contributed by atoms with Gasteiger partial charge in [0.1, 0.15) is 0 Å². The number of aromatic nitrogens is 2. The molecule has 4 rings (SSSR count). The summed E-state index contributed by atoms with van der Waals surface area (Å²) in [5, 5.41) is 0. The van der Waals surface area contributed by atoms with Crippen molar-refractivity contribution in [2.24, 2.45) is 5.41 Å². The molecule has 0 bridgehead atoms. The van der Waals surface area contributed by atoms with Crippen molar-refractivity contribution in [1.82, 2.24) is 9.97 Å². The summed E-state index contributed by atoms with van der Waals surface area (Å²) in [6, 6.07) is 7.02. The van der Waals surface area contributed by atoms with E-state index in [1.807, 2.05) is 6.92 Å². The summed E-state index contributed by atoms with van der Waals surface area (Å²) >= 11 is 0. The van der Waals surface area contributed by atoms with E-state index >= 15 is 0 Å². The zero-order valence-corrected chi connectivity index (χ0v) is 21.6. The number of carbonyl (C=O) groups excluding carboxylic acids is 1. The molecule has 0 atom stereocenters. The Bertz CT molecular complexity index is 1020. The molecule has 1 aromatic carbocycles. The highest BCUT2D eigenvalue weighted by Crippen LogP contribution is 2.45. The zero-order chi connectivity index (χ0) is 24.2. The molecule has 1 N–H and O–H groups in total. The number of nitrogens with one attached hydrogen (secondary N) is 1. The van der Waals surface area contributed by atoms with E-state index in [0.717, 1.165) is 37.1 Å². The molecule has 184 valence electrons. The van der Waals surface area contributed by atoms with Gasteiger partial charge in [0.15, 0.2) is 5.82 Å². The van der Waals surface area contributed by atoms with E-state index < -0.39 is 0 Å². The number of carbonyl (C=O) groups is 1. The van der Waals surface area contributed by atoms with Crippen LogP contribution in [0.15, 0.2) is 30.5 Å². The first-order valence-corrected chi connectivity index (χ1v) is 13.2. The maximum absolute atomic E-state index is 13.1. The molecular weight excluding hydrogens is 420 g/mol. The molecule has 1 fully saturated rings. The number of methoxy groups -OCH3 is 1. The lowest BCUT2D eigenvalue weighted by Gasteiger charge is -2.39. The summed E-state index contributed by atoms with van der Waals surface area (Å²) in [5.41, 5.74) is 6.83. The lowest BCUT2D eigenvalue weighted by molar-refractivity contribution is 0.0983. The number of Topliss-reactive ketones (excluding diaryl/α,β-unsaturated/α-hetero) is 1. The van der Waals surface area contributed by atoms with E-state index in [4.69, 9.17) is 4.74 Å². The number of rotatable bonds is 9. The van der Waals surface area contributed by atoms with Crippen molar-refractivity contribution >= 4 is 11.4 Å². The highest BCUT2D eigenvalue weighted by molar-refractivity contribution is 5.95. The SMILES string of the molecule is COCCCC1(c2ccc(CC(=O)c3ncc(C)[nH]3)c(C3=CCC(C)(C)CC3)c2)CCCCC1. The Kier molecular flexibility index (Phi) is 7.77. The van der Waals surface area contributed by atoms with Crippen LogP contribution in [-0.2, 0) is 16.6 Å². The van der Waals surface area contributed by atoms with Crippen molar-refractivity contribution in [2.75, 3.05) is 13.7 Å². The summed E-state index contributed by atoms with van der Waals surface area (Å²) in [7, 11) is 1.80. The van der Waals surface area contributed by atoms with Crippen molar-refractivity contribution in [3.8, 4) is 0 Å². The Morgan fingerprint density at radius 3 is 2.59 bits per heavy atom. The molecular formula is C30H42N2O2. The summed E-state index contributed by atoms with van der Waals surface area (Å²) < 4.78 is 5.40.